The second-order valence-corrected chi connectivity index (χ2v) is 8.40. The lowest BCUT2D eigenvalue weighted by Crippen LogP contribution is -2.10. The van der Waals surface area contributed by atoms with Gasteiger partial charge in [-0.2, -0.15) is 5.26 Å². The molecule has 1 unspecified atom stereocenters. The van der Waals surface area contributed by atoms with Gasteiger partial charge >= 0.3 is 0 Å². The SMILES string of the molecule is COc1ccc(Br)cc1/C=C/C(=O)Nc1sc2c(c1C#N)CCC(C)C2. The number of amides is 1. The van der Waals surface area contributed by atoms with E-state index >= 15 is 0 Å². The Kier molecular flexibility index (Phi) is 5.80. The van der Waals surface area contributed by atoms with Crippen molar-refractivity contribution in [3.8, 4) is 11.8 Å². The molecule has 1 aliphatic rings. The molecule has 1 heterocycles. The van der Waals surface area contributed by atoms with Gasteiger partial charge in [-0.3, -0.25) is 4.79 Å². The Balaban J connectivity index is 1.79. The number of ether oxygens (including phenoxy) is 1. The number of carbonyl (C=O) groups excluding carboxylic acids is 1. The van der Waals surface area contributed by atoms with Crippen molar-refractivity contribution in [1.82, 2.24) is 0 Å². The average Bonchev–Trinajstić information content (AvgIpc) is 2.95. The van der Waals surface area contributed by atoms with Crippen LogP contribution in [0.5, 0.6) is 5.75 Å². The van der Waals surface area contributed by atoms with E-state index in [1.165, 1.54) is 22.3 Å². The molecular formula is C20H19BrN2O2S. The van der Waals surface area contributed by atoms with Gasteiger partial charge in [0.05, 0.1) is 12.7 Å². The Hall–Kier alpha value is -2.10. The van der Waals surface area contributed by atoms with Gasteiger partial charge in [0.1, 0.15) is 16.8 Å². The first-order valence-electron chi connectivity index (χ1n) is 8.39. The van der Waals surface area contributed by atoms with E-state index in [0.717, 1.165) is 34.9 Å². The highest BCUT2D eigenvalue weighted by Gasteiger charge is 2.24. The summed E-state index contributed by atoms with van der Waals surface area (Å²) in [5.74, 6) is 1.06. The Morgan fingerprint density at radius 3 is 3.04 bits per heavy atom. The predicted octanol–water partition coefficient (Wildman–Crippen LogP) is 5.17. The summed E-state index contributed by atoms with van der Waals surface area (Å²) < 4.78 is 6.22. The maximum Gasteiger partial charge on any atom is 0.249 e. The monoisotopic (exact) mass is 430 g/mol. The van der Waals surface area contributed by atoms with Crippen LogP contribution in [-0.2, 0) is 17.6 Å². The van der Waals surface area contributed by atoms with Crippen molar-refractivity contribution in [3.05, 3.63) is 50.3 Å². The topological polar surface area (TPSA) is 62.1 Å². The van der Waals surface area contributed by atoms with Crippen LogP contribution in [0.15, 0.2) is 28.7 Å². The fourth-order valence-corrected chi connectivity index (χ4v) is 4.85. The van der Waals surface area contributed by atoms with Gasteiger partial charge in [0.2, 0.25) is 5.91 Å². The number of nitrogens with one attached hydrogen (secondary N) is 1. The summed E-state index contributed by atoms with van der Waals surface area (Å²) in [5, 5.41) is 13.0. The number of rotatable bonds is 4. The number of fused-ring (bicyclic) bond motifs is 1. The third-order valence-corrected chi connectivity index (χ3v) is 6.13. The van der Waals surface area contributed by atoms with Crippen LogP contribution in [0.25, 0.3) is 6.08 Å². The molecule has 0 spiro atoms. The highest BCUT2D eigenvalue weighted by atomic mass is 79.9. The molecule has 0 saturated heterocycles. The molecule has 1 amide bonds. The van der Waals surface area contributed by atoms with Crippen LogP contribution in [0.4, 0.5) is 5.00 Å². The molecular weight excluding hydrogens is 412 g/mol. The molecule has 3 rings (SSSR count). The van der Waals surface area contributed by atoms with Crippen LogP contribution in [0.3, 0.4) is 0 Å². The third-order valence-electron chi connectivity index (χ3n) is 4.47. The van der Waals surface area contributed by atoms with Gasteiger partial charge in [0, 0.05) is 21.0 Å². The molecule has 1 aliphatic carbocycles. The number of carbonyl (C=O) groups is 1. The van der Waals surface area contributed by atoms with Gasteiger partial charge in [-0.25, -0.2) is 0 Å². The maximum atomic E-state index is 12.4. The third kappa shape index (κ3) is 4.00. The lowest BCUT2D eigenvalue weighted by molar-refractivity contribution is -0.111. The van der Waals surface area contributed by atoms with Crippen molar-refractivity contribution in [2.75, 3.05) is 12.4 Å². The molecule has 0 bridgehead atoms. The van der Waals surface area contributed by atoms with Crippen molar-refractivity contribution < 1.29 is 9.53 Å². The standard InChI is InChI=1S/C20H19BrN2O2S/c1-12-3-6-15-16(11-22)20(26-18(15)9-12)23-19(24)8-4-13-10-14(21)5-7-17(13)25-2/h4-5,7-8,10,12H,3,6,9H2,1-2H3,(H,23,24)/b8-4+. The smallest absolute Gasteiger partial charge is 0.249 e. The largest absolute Gasteiger partial charge is 0.496 e. The number of methoxy groups -OCH3 is 1. The zero-order valence-electron chi connectivity index (χ0n) is 14.6. The molecule has 26 heavy (non-hydrogen) atoms. The predicted molar refractivity (Wildman–Crippen MR) is 109 cm³/mol. The van der Waals surface area contributed by atoms with E-state index in [-0.39, 0.29) is 5.91 Å². The lowest BCUT2D eigenvalue weighted by Gasteiger charge is -2.17. The van der Waals surface area contributed by atoms with E-state index < -0.39 is 0 Å². The normalized spacial score (nSPS) is 16.2. The minimum absolute atomic E-state index is 0.254. The van der Waals surface area contributed by atoms with Gasteiger partial charge in [0.15, 0.2) is 0 Å². The molecule has 6 heteroatoms. The minimum atomic E-state index is -0.254. The molecule has 0 saturated carbocycles. The summed E-state index contributed by atoms with van der Waals surface area (Å²) in [7, 11) is 1.59. The van der Waals surface area contributed by atoms with Gasteiger partial charge in [-0.1, -0.05) is 22.9 Å². The highest BCUT2D eigenvalue weighted by Crippen LogP contribution is 2.39. The summed E-state index contributed by atoms with van der Waals surface area (Å²) in [4.78, 5) is 13.6. The number of nitrogens with zero attached hydrogens (tertiary/aromatic N) is 1. The number of anilines is 1. The minimum Gasteiger partial charge on any atom is -0.496 e. The zero-order valence-corrected chi connectivity index (χ0v) is 17.0. The van der Waals surface area contributed by atoms with Crippen LogP contribution in [0.2, 0.25) is 0 Å². The molecule has 2 aromatic rings. The van der Waals surface area contributed by atoms with Gasteiger partial charge < -0.3 is 10.1 Å². The number of nitriles is 1. The number of halogens is 1. The van der Waals surface area contributed by atoms with Gasteiger partial charge in [0.25, 0.3) is 0 Å². The van der Waals surface area contributed by atoms with Crippen molar-refractivity contribution in [3.63, 3.8) is 0 Å². The first kappa shape index (κ1) is 18.7. The Morgan fingerprint density at radius 2 is 2.31 bits per heavy atom. The quantitative estimate of drug-likeness (QED) is 0.680. The first-order valence-corrected chi connectivity index (χ1v) is 10.00. The highest BCUT2D eigenvalue weighted by molar-refractivity contribution is 9.10. The number of hydrogen-bond acceptors (Lipinski definition) is 4. The number of benzene rings is 1. The number of thiophene rings is 1. The second-order valence-electron chi connectivity index (χ2n) is 6.38. The van der Waals surface area contributed by atoms with E-state index in [1.807, 2.05) is 18.2 Å². The molecule has 1 N–H and O–H groups in total. The molecule has 134 valence electrons. The van der Waals surface area contributed by atoms with Crippen LogP contribution in [-0.4, -0.2) is 13.0 Å². The van der Waals surface area contributed by atoms with E-state index in [2.05, 4.69) is 34.2 Å². The summed E-state index contributed by atoms with van der Waals surface area (Å²) in [5.41, 5.74) is 2.54. The first-order chi connectivity index (χ1) is 12.5. The Labute approximate surface area is 165 Å². The molecule has 0 aliphatic heterocycles. The van der Waals surface area contributed by atoms with Crippen LogP contribution >= 0.6 is 27.3 Å². The molecule has 0 fully saturated rings. The van der Waals surface area contributed by atoms with Crippen LogP contribution in [0.1, 0.15) is 34.9 Å². The van der Waals surface area contributed by atoms with Gasteiger partial charge in [-0.05, 0) is 55.0 Å². The van der Waals surface area contributed by atoms with Crippen molar-refractivity contribution in [1.29, 1.82) is 5.26 Å². The summed E-state index contributed by atoms with van der Waals surface area (Å²) >= 11 is 4.95. The Bertz CT molecular complexity index is 911. The van der Waals surface area contributed by atoms with E-state index in [0.29, 0.717) is 22.2 Å². The summed E-state index contributed by atoms with van der Waals surface area (Å²) in [6.07, 6.45) is 6.16. The molecule has 0 radical (unpaired) electrons. The number of hydrogen-bond donors (Lipinski definition) is 1. The summed E-state index contributed by atoms with van der Waals surface area (Å²) in [6.45, 7) is 2.22. The fourth-order valence-electron chi connectivity index (χ4n) is 3.11. The fraction of sp³-hybridized carbons (Fsp3) is 0.300. The Morgan fingerprint density at radius 1 is 1.50 bits per heavy atom. The van der Waals surface area contributed by atoms with Crippen LogP contribution in [0, 0.1) is 17.2 Å². The summed E-state index contributed by atoms with van der Waals surface area (Å²) in [6, 6.07) is 7.87. The second kappa shape index (κ2) is 8.07. The van der Waals surface area contributed by atoms with Crippen molar-refractivity contribution in [2.45, 2.75) is 26.2 Å². The molecule has 1 aromatic carbocycles. The van der Waals surface area contributed by atoms with E-state index in [1.54, 1.807) is 13.2 Å². The molecule has 1 aromatic heterocycles. The average molecular weight is 431 g/mol. The van der Waals surface area contributed by atoms with Gasteiger partial charge in [-0.15, -0.1) is 11.3 Å². The van der Waals surface area contributed by atoms with Crippen LogP contribution < -0.4 is 10.1 Å². The zero-order chi connectivity index (χ0) is 18.7. The van der Waals surface area contributed by atoms with Crippen molar-refractivity contribution in [2.24, 2.45) is 5.92 Å². The van der Waals surface area contributed by atoms with E-state index in [4.69, 9.17) is 4.74 Å². The molecule has 4 nitrogen and oxygen atoms in total. The van der Waals surface area contributed by atoms with E-state index in [9.17, 15) is 10.1 Å². The maximum absolute atomic E-state index is 12.4. The van der Waals surface area contributed by atoms with Crippen molar-refractivity contribution >= 4 is 44.3 Å². The lowest BCUT2D eigenvalue weighted by atomic mass is 9.89. The molecule has 1 atom stereocenters.